The lowest BCUT2D eigenvalue weighted by molar-refractivity contribution is -0.141. The summed E-state index contributed by atoms with van der Waals surface area (Å²) in [6.45, 7) is 6.07. The van der Waals surface area contributed by atoms with Gasteiger partial charge >= 0.3 is 5.97 Å². The van der Waals surface area contributed by atoms with E-state index in [2.05, 4.69) is 17.4 Å². The lowest BCUT2D eigenvalue weighted by Crippen LogP contribution is -2.20. The third-order valence-corrected chi connectivity index (χ3v) is 9.79. The standard InChI is InChI=1S/C34H41N3O5S/c1-20-7-14-28-26(22(20)3)16-29(37(28)18-32(38)42-6)33(39)36-34-35-25(19-43-34)13-10-23-8-11-24(12-9-23)27-17-30(40-4)21(2)15-31(27)41-5/h7,14-17,19,23-24H,8-13,18H2,1-6H3,(H,35,36,39). The summed E-state index contributed by atoms with van der Waals surface area (Å²) in [7, 11) is 4.81. The van der Waals surface area contributed by atoms with Gasteiger partial charge in [0.1, 0.15) is 23.7 Å². The Morgan fingerprint density at radius 1 is 0.977 bits per heavy atom. The number of anilines is 1. The zero-order chi connectivity index (χ0) is 30.7. The monoisotopic (exact) mass is 603 g/mol. The molecule has 2 heterocycles. The molecule has 1 amide bonds. The van der Waals surface area contributed by atoms with Gasteiger partial charge in [0.25, 0.3) is 5.91 Å². The van der Waals surface area contributed by atoms with Gasteiger partial charge in [-0.3, -0.25) is 14.9 Å². The number of esters is 1. The molecule has 0 radical (unpaired) electrons. The van der Waals surface area contributed by atoms with Crippen LogP contribution in [0.3, 0.4) is 0 Å². The van der Waals surface area contributed by atoms with Gasteiger partial charge in [0.15, 0.2) is 5.13 Å². The normalized spacial score (nSPS) is 16.7. The number of carbonyl (C=O) groups is 2. The van der Waals surface area contributed by atoms with Crippen LogP contribution >= 0.6 is 11.3 Å². The van der Waals surface area contributed by atoms with E-state index in [9.17, 15) is 9.59 Å². The topological polar surface area (TPSA) is 91.7 Å². The van der Waals surface area contributed by atoms with Crippen LogP contribution in [-0.2, 0) is 22.5 Å². The van der Waals surface area contributed by atoms with Gasteiger partial charge in [-0.05, 0) is 112 Å². The molecule has 1 aliphatic rings. The summed E-state index contributed by atoms with van der Waals surface area (Å²) < 4.78 is 17.9. The fraction of sp³-hybridized carbons (Fsp3) is 0.441. The highest BCUT2D eigenvalue weighted by atomic mass is 32.1. The Morgan fingerprint density at radius 2 is 1.72 bits per heavy atom. The van der Waals surface area contributed by atoms with Crippen molar-refractivity contribution < 1.29 is 23.8 Å². The van der Waals surface area contributed by atoms with Crippen molar-refractivity contribution in [2.75, 3.05) is 26.6 Å². The number of nitrogens with one attached hydrogen (secondary N) is 1. The van der Waals surface area contributed by atoms with Crippen LogP contribution in [0.25, 0.3) is 10.9 Å². The van der Waals surface area contributed by atoms with E-state index in [0.29, 0.717) is 22.7 Å². The lowest BCUT2D eigenvalue weighted by Gasteiger charge is -2.30. The van der Waals surface area contributed by atoms with Crippen LogP contribution in [0.5, 0.6) is 11.5 Å². The van der Waals surface area contributed by atoms with Crippen molar-refractivity contribution >= 4 is 39.2 Å². The molecule has 0 bridgehead atoms. The molecule has 2 aromatic heterocycles. The van der Waals surface area contributed by atoms with E-state index in [-0.39, 0.29) is 12.5 Å². The second-order valence-corrected chi connectivity index (χ2v) is 12.4. The molecule has 0 unspecified atom stereocenters. The smallest absolute Gasteiger partial charge is 0.325 e. The Morgan fingerprint density at radius 3 is 2.42 bits per heavy atom. The molecule has 1 saturated carbocycles. The van der Waals surface area contributed by atoms with Gasteiger partial charge in [-0.15, -0.1) is 11.3 Å². The molecule has 5 rings (SSSR count). The van der Waals surface area contributed by atoms with Crippen molar-refractivity contribution in [2.45, 2.75) is 71.8 Å². The van der Waals surface area contributed by atoms with Crippen molar-refractivity contribution in [1.82, 2.24) is 9.55 Å². The molecule has 228 valence electrons. The average Bonchev–Trinajstić information content (AvgIpc) is 3.62. The number of aromatic nitrogens is 2. The van der Waals surface area contributed by atoms with E-state index in [1.54, 1.807) is 18.8 Å². The Labute approximate surface area is 257 Å². The maximum atomic E-state index is 13.4. The Bertz CT molecular complexity index is 1630. The summed E-state index contributed by atoms with van der Waals surface area (Å²) in [6.07, 6.45) is 6.55. The quantitative estimate of drug-likeness (QED) is 0.190. The SMILES string of the molecule is COC(=O)Cn1c(C(=O)Nc2nc(CCC3CCC(c4cc(OC)c(C)cc4OC)CC3)cs2)cc2c(C)c(C)ccc21. The molecule has 0 atom stereocenters. The minimum Gasteiger partial charge on any atom is -0.496 e. The number of carbonyl (C=O) groups excluding carboxylic acids is 2. The van der Waals surface area contributed by atoms with Crippen molar-refractivity contribution in [3.05, 3.63) is 69.4 Å². The molecule has 4 aromatic rings. The highest BCUT2D eigenvalue weighted by Gasteiger charge is 2.26. The number of nitrogens with zero attached hydrogens (tertiary/aromatic N) is 2. The van der Waals surface area contributed by atoms with Crippen LogP contribution in [0.2, 0.25) is 0 Å². The van der Waals surface area contributed by atoms with Crippen LogP contribution in [0.15, 0.2) is 35.7 Å². The van der Waals surface area contributed by atoms with Crippen LogP contribution < -0.4 is 14.8 Å². The molecular formula is C34H41N3O5S. The highest BCUT2D eigenvalue weighted by Crippen LogP contribution is 2.43. The van der Waals surface area contributed by atoms with Gasteiger partial charge in [0.05, 0.1) is 27.0 Å². The number of amides is 1. The minimum atomic E-state index is -0.409. The van der Waals surface area contributed by atoms with Crippen molar-refractivity contribution in [2.24, 2.45) is 5.92 Å². The largest absolute Gasteiger partial charge is 0.496 e. The molecule has 1 aliphatic carbocycles. The Kier molecular flexibility index (Phi) is 9.40. The van der Waals surface area contributed by atoms with Crippen molar-refractivity contribution in [3.63, 3.8) is 0 Å². The summed E-state index contributed by atoms with van der Waals surface area (Å²) in [5, 5.41) is 6.50. The first-order valence-electron chi connectivity index (χ1n) is 14.9. The van der Waals surface area contributed by atoms with E-state index in [0.717, 1.165) is 70.5 Å². The van der Waals surface area contributed by atoms with E-state index >= 15 is 0 Å². The Hall–Kier alpha value is -3.85. The first-order chi connectivity index (χ1) is 20.7. The predicted molar refractivity (Wildman–Crippen MR) is 171 cm³/mol. The second kappa shape index (κ2) is 13.2. The number of hydrogen-bond donors (Lipinski definition) is 1. The minimum absolute atomic E-state index is 0.0408. The van der Waals surface area contributed by atoms with Crippen LogP contribution in [0, 0.1) is 26.7 Å². The number of benzene rings is 2. The number of hydrogen-bond acceptors (Lipinski definition) is 7. The van der Waals surface area contributed by atoms with Crippen molar-refractivity contribution in [3.8, 4) is 11.5 Å². The zero-order valence-electron chi connectivity index (χ0n) is 25.9. The summed E-state index contributed by atoms with van der Waals surface area (Å²) in [4.78, 5) is 30.3. The maximum Gasteiger partial charge on any atom is 0.325 e. The third-order valence-electron chi connectivity index (χ3n) is 8.99. The second-order valence-electron chi connectivity index (χ2n) is 11.6. The number of rotatable bonds is 10. The van der Waals surface area contributed by atoms with E-state index < -0.39 is 5.97 Å². The van der Waals surface area contributed by atoms with Crippen LogP contribution in [0.1, 0.15) is 76.5 Å². The average molecular weight is 604 g/mol. The summed E-state index contributed by atoms with van der Waals surface area (Å²) >= 11 is 1.43. The molecule has 8 nitrogen and oxygen atoms in total. The van der Waals surface area contributed by atoms with Crippen LogP contribution in [-0.4, -0.2) is 42.8 Å². The lowest BCUT2D eigenvalue weighted by atomic mass is 9.76. The summed E-state index contributed by atoms with van der Waals surface area (Å²) in [5.41, 5.74) is 6.78. The number of ether oxygens (including phenoxy) is 3. The molecule has 2 aromatic carbocycles. The summed E-state index contributed by atoms with van der Waals surface area (Å²) in [6, 6.07) is 10.0. The molecule has 0 spiro atoms. The van der Waals surface area contributed by atoms with Crippen LogP contribution in [0.4, 0.5) is 5.13 Å². The maximum absolute atomic E-state index is 13.4. The number of methoxy groups -OCH3 is 3. The molecule has 0 saturated heterocycles. The van der Waals surface area contributed by atoms with Gasteiger partial charge in [0, 0.05) is 21.8 Å². The molecule has 1 N–H and O–H groups in total. The molecular weight excluding hydrogens is 562 g/mol. The van der Waals surface area contributed by atoms with Crippen molar-refractivity contribution in [1.29, 1.82) is 0 Å². The van der Waals surface area contributed by atoms with Gasteiger partial charge in [-0.2, -0.15) is 0 Å². The van der Waals surface area contributed by atoms with E-state index in [1.807, 2.05) is 44.4 Å². The Balaban J connectivity index is 1.20. The number of fused-ring (bicyclic) bond motifs is 1. The molecule has 43 heavy (non-hydrogen) atoms. The van der Waals surface area contributed by atoms with Gasteiger partial charge in [0.2, 0.25) is 0 Å². The fourth-order valence-corrected chi connectivity index (χ4v) is 7.02. The molecule has 1 fully saturated rings. The van der Waals surface area contributed by atoms with E-state index in [1.165, 1.54) is 36.9 Å². The summed E-state index contributed by atoms with van der Waals surface area (Å²) in [5.74, 6) is 2.29. The number of aryl methyl sites for hydroxylation is 4. The fourth-order valence-electron chi connectivity index (χ4n) is 6.28. The van der Waals surface area contributed by atoms with E-state index in [4.69, 9.17) is 19.2 Å². The molecule has 0 aliphatic heterocycles. The van der Waals surface area contributed by atoms with Gasteiger partial charge < -0.3 is 18.8 Å². The number of thiazole rings is 1. The van der Waals surface area contributed by atoms with Gasteiger partial charge in [-0.25, -0.2) is 4.98 Å². The third kappa shape index (κ3) is 6.56. The van der Waals surface area contributed by atoms with Gasteiger partial charge in [-0.1, -0.05) is 6.07 Å². The zero-order valence-corrected chi connectivity index (χ0v) is 26.7. The first kappa shape index (κ1) is 30.6. The first-order valence-corrected chi connectivity index (χ1v) is 15.7. The predicted octanol–water partition coefficient (Wildman–Crippen LogP) is 7.37. The molecule has 9 heteroatoms. The highest BCUT2D eigenvalue weighted by molar-refractivity contribution is 7.14.